The van der Waals surface area contributed by atoms with Crippen LogP contribution in [0.25, 0.3) is 11.1 Å². The molecule has 0 aliphatic rings. The lowest BCUT2D eigenvalue weighted by Gasteiger charge is -2.04. The van der Waals surface area contributed by atoms with Crippen LogP contribution < -0.4 is 5.73 Å². The molecule has 1 nitrogen and oxygen atoms in total. The van der Waals surface area contributed by atoms with Crippen molar-refractivity contribution >= 4 is 21.6 Å². The molecule has 0 aromatic heterocycles. The van der Waals surface area contributed by atoms with E-state index >= 15 is 0 Å². The van der Waals surface area contributed by atoms with Gasteiger partial charge in [-0.2, -0.15) is 0 Å². The highest BCUT2D eigenvalue weighted by atomic mass is 79.9. The first-order valence-corrected chi connectivity index (χ1v) is 5.27. The Morgan fingerprint density at radius 1 is 1.00 bits per heavy atom. The van der Waals surface area contributed by atoms with Gasteiger partial charge < -0.3 is 5.73 Å². The first-order valence-electron chi connectivity index (χ1n) is 4.48. The Hall–Kier alpha value is -1.35. The summed E-state index contributed by atoms with van der Waals surface area (Å²) >= 11 is 3.33. The van der Waals surface area contributed by atoms with Gasteiger partial charge in [-0.05, 0) is 35.9 Å². The van der Waals surface area contributed by atoms with E-state index in [4.69, 9.17) is 5.73 Å². The standard InChI is InChI=1S/C12H9BrFN/c13-9-3-1-8(2-4-9)11-6-5-10(15)7-12(11)14/h1-7H,15H2. The van der Waals surface area contributed by atoms with Crippen LogP contribution in [0.15, 0.2) is 46.9 Å². The molecule has 0 fully saturated rings. The number of anilines is 1. The van der Waals surface area contributed by atoms with Gasteiger partial charge in [0.2, 0.25) is 0 Å². The molecule has 0 heterocycles. The quantitative estimate of drug-likeness (QED) is 0.780. The van der Waals surface area contributed by atoms with Crippen molar-refractivity contribution in [1.82, 2.24) is 0 Å². The Kier molecular flexibility index (Phi) is 2.73. The zero-order chi connectivity index (χ0) is 10.8. The maximum atomic E-state index is 13.5. The van der Waals surface area contributed by atoms with E-state index in [2.05, 4.69) is 15.9 Å². The molecule has 3 heteroatoms. The second kappa shape index (κ2) is 4.03. The van der Waals surface area contributed by atoms with Crippen LogP contribution in [-0.4, -0.2) is 0 Å². The molecular weight excluding hydrogens is 257 g/mol. The minimum atomic E-state index is -0.294. The molecule has 0 unspecified atom stereocenters. The minimum Gasteiger partial charge on any atom is -0.399 e. The highest BCUT2D eigenvalue weighted by molar-refractivity contribution is 9.10. The third kappa shape index (κ3) is 2.18. The van der Waals surface area contributed by atoms with Crippen molar-refractivity contribution in [3.05, 3.63) is 52.8 Å². The molecule has 2 rings (SSSR count). The number of benzene rings is 2. The molecule has 15 heavy (non-hydrogen) atoms. The lowest BCUT2D eigenvalue weighted by atomic mass is 10.1. The van der Waals surface area contributed by atoms with E-state index in [1.54, 1.807) is 12.1 Å². The number of nitrogen functional groups attached to an aromatic ring is 1. The molecule has 0 atom stereocenters. The fourth-order valence-electron chi connectivity index (χ4n) is 1.39. The van der Waals surface area contributed by atoms with Crippen LogP contribution in [0.3, 0.4) is 0 Å². The fourth-order valence-corrected chi connectivity index (χ4v) is 1.66. The fraction of sp³-hybridized carbons (Fsp3) is 0. The maximum absolute atomic E-state index is 13.5. The molecule has 0 saturated carbocycles. The van der Waals surface area contributed by atoms with Crippen LogP contribution in [-0.2, 0) is 0 Å². The average molecular weight is 266 g/mol. The van der Waals surface area contributed by atoms with Crippen LogP contribution in [0.4, 0.5) is 10.1 Å². The van der Waals surface area contributed by atoms with Crippen molar-refractivity contribution in [1.29, 1.82) is 0 Å². The van der Waals surface area contributed by atoms with Gasteiger partial charge >= 0.3 is 0 Å². The van der Waals surface area contributed by atoms with Gasteiger partial charge in [0, 0.05) is 15.7 Å². The number of rotatable bonds is 1. The lowest BCUT2D eigenvalue weighted by Crippen LogP contribution is -1.89. The summed E-state index contributed by atoms with van der Waals surface area (Å²) in [5.41, 5.74) is 7.33. The monoisotopic (exact) mass is 265 g/mol. The molecule has 0 spiro atoms. The third-order valence-electron chi connectivity index (χ3n) is 2.15. The molecule has 0 aliphatic heterocycles. The van der Waals surface area contributed by atoms with Crippen LogP contribution in [0.5, 0.6) is 0 Å². The van der Waals surface area contributed by atoms with Gasteiger partial charge in [0.05, 0.1) is 0 Å². The average Bonchev–Trinajstić information content (AvgIpc) is 2.20. The lowest BCUT2D eigenvalue weighted by molar-refractivity contribution is 0.632. The Morgan fingerprint density at radius 3 is 2.27 bits per heavy atom. The molecule has 0 radical (unpaired) electrons. The molecule has 0 aliphatic carbocycles. The minimum absolute atomic E-state index is 0.294. The number of nitrogens with two attached hydrogens (primary N) is 1. The van der Waals surface area contributed by atoms with Gasteiger partial charge in [-0.15, -0.1) is 0 Å². The summed E-state index contributed by atoms with van der Waals surface area (Å²) in [5.74, 6) is -0.294. The molecule has 2 N–H and O–H groups in total. The Bertz CT molecular complexity index is 479. The van der Waals surface area contributed by atoms with E-state index in [0.717, 1.165) is 10.0 Å². The first kappa shape index (κ1) is 10.2. The van der Waals surface area contributed by atoms with Crippen molar-refractivity contribution in [2.45, 2.75) is 0 Å². The number of hydrogen-bond acceptors (Lipinski definition) is 1. The second-order valence-electron chi connectivity index (χ2n) is 3.25. The zero-order valence-corrected chi connectivity index (χ0v) is 9.46. The van der Waals surface area contributed by atoms with E-state index in [0.29, 0.717) is 11.3 Å². The molecule has 0 amide bonds. The number of halogens is 2. The predicted octanol–water partition coefficient (Wildman–Crippen LogP) is 3.84. The van der Waals surface area contributed by atoms with E-state index < -0.39 is 0 Å². The van der Waals surface area contributed by atoms with E-state index in [1.807, 2.05) is 24.3 Å². The van der Waals surface area contributed by atoms with Crippen molar-refractivity contribution < 1.29 is 4.39 Å². The number of hydrogen-bond donors (Lipinski definition) is 1. The summed E-state index contributed by atoms with van der Waals surface area (Å²) in [7, 11) is 0. The van der Waals surface area contributed by atoms with E-state index in [-0.39, 0.29) is 5.82 Å². The maximum Gasteiger partial charge on any atom is 0.133 e. The van der Waals surface area contributed by atoms with Crippen molar-refractivity contribution in [3.63, 3.8) is 0 Å². The summed E-state index contributed by atoms with van der Waals surface area (Å²) in [6.45, 7) is 0. The largest absolute Gasteiger partial charge is 0.399 e. The van der Waals surface area contributed by atoms with E-state index in [9.17, 15) is 4.39 Å². The Balaban J connectivity index is 2.49. The Labute approximate surface area is 95.9 Å². The topological polar surface area (TPSA) is 26.0 Å². The molecule has 0 saturated heterocycles. The van der Waals surface area contributed by atoms with Gasteiger partial charge in [0.15, 0.2) is 0 Å². The smallest absolute Gasteiger partial charge is 0.133 e. The predicted molar refractivity (Wildman–Crippen MR) is 63.9 cm³/mol. The summed E-state index contributed by atoms with van der Waals surface area (Å²) in [4.78, 5) is 0. The first-order chi connectivity index (χ1) is 7.16. The van der Waals surface area contributed by atoms with E-state index in [1.165, 1.54) is 6.07 Å². The molecule has 2 aromatic rings. The normalized spacial score (nSPS) is 10.3. The molecule has 0 bridgehead atoms. The van der Waals surface area contributed by atoms with Gasteiger partial charge in [-0.25, -0.2) is 4.39 Å². The van der Waals surface area contributed by atoms with Gasteiger partial charge in [-0.3, -0.25) is 0 Å². The summed E-state index contributed by atoms with van der Waals surface area (Å²) in [6, 6.07) is 12.2. The van der Waals surface area contributed by atoms with Crippen molar-refractivity contribution in [3.8, 4) is 11.1 Å². The summed E-state index contributed by atoms with van der Waals surface area (Å²) in [5, 5.41) is 0. The summed E-state index contributed by atoms with van der Waals surface area (Å²) < 4.78 is 14.5. The highest BCUT2D eigenvalue weighted by Crippen LogP contribution is 2.25. The highest BCUT2D eigenvalue weighted by Gasteiger charge is 2.04. The van der Waals surface area contributed by atoms with Crippen molar-refractivity contribution in [2.75, 3.05) is 5.73 Å². The molecular formula is C12H9BrFN. The second-order valence-corrected chi connectivity index (χ2v) is 4.16. The van der Waals surface area contributed by atoms with Gasteiger partial charge in [0.25, 0.3) is 0 Å². The van der Waals surface area contributed by atoms with Crippen LogP contribution in [0.1, 0.15) is 0 Å². The van der Waals surface area contributed by atoms with Crippen LogP contribution >= 0.6 is 15.9 Å². The van der Waals surface area contributed by atoms with Crippen molar-refractivity contribution in [2.24, 2.45) is 0 Å². The van der Waals surface area contributed by atoms with Crippen LogP contribution in [0, 0.1) is 5.82 Å². The Morgan fingerprint density at radius 2 is 1.67 bits per heavy atom. The summed E-state index contributed by atoms with van der Waals surface area (Å²) in [6.07, 6.45) is 0. The SMILES string of the molecule is Nc1ccc(-c2ccc(Br)cc2)c(F)c1. The molecule has 76 valence electrons. The third-order valence-corrected chi connectivity index (χ3v) is 2.68. The zero-order valence-electron chi connectivity index (χ0n) is 7.87. The van der Waals surface area contributed by atoms with Crippen LogP contribution in [0.2, 0.25) is 0 Å². The van der Waals surface area contributed by atoms with Gasteiger partial charge in [-0.1, -0.05) is 28.1 Å². The molecule has 2 aromatic carbocycles. The van der Waals surface area contributed by atoms with Gasteiger partial charge in [0.1, 0.15) is 5.82 Å².